The Morgan fingerprint density at radius 2 is 1.79 bits per heavy atom. The molecule has 0 bridgehead atoms. The van der Waals surface area contributed by atoms with Gasteiger partial charge in [0.2, 0.25) is 11.7 Å². The summed E-state index contributed by atoms with van der Waals surface area (Å²) in [4.78, 5) is 26.7. The summed E-state index contributed by atoms with van der Waals surface area (Å²) in [6.45, 7) is 2.91. The quantitative estimate of drug-likeness (QED) is 0.466. The summed E-state index contributed by atoms with van der Waals surface area (Å²) < 4.78 is 28.6. The van der Waals surface area contributed by atoms with Crippen molar-refractivity contribution in [2.45, 2.75) is 19.4 Å². The van der Waals surface area contributed by atoms with Gasteiger partial charge in [0.1, 0.15) is 18.5 Å². The molecule has 2 aromatic carbocycles. The number of ether oxygens (including phenoxy) is 5. The summed E-state index contributed by atoms with van der Waals surface area (Å²) in [5.74, 6) is 1.68. The van der Waals surface area contributed by atoms with Crippen LogP contribution in [0.2, 0.25) is 0 Å². The average molecular weight is 522 g/mol. The number of rotatable bonds is 9. The minimum atomic E-state index is -0.346. The first-order valence-electron chi connectivity index (χ1n) is 10.5. The van der Waals surface area contributed by atoms with E-state index in [1.807, 2.05) is 18.2 Å². The van der Waals surface area contributed by atoms with Crippen LogP contribution in [0.1, 0.15) is 22.8 Å². The number of morpholine rings is 1. The van der Waals surface area contributed by atoms with E-state index < -0.39 is 0 Å². The summed E-state index contributed by atoms with van der Waals surface area (Å²) >= 11 is 3.45. The third-order valence-corrected chi connectivity index (χ3v) is 5.98. The maximum atomic E-state index is 12.9. The lowest BCUT2D eigenvalue weighted by atomic mass is 10.1. The highest BCUT2D eigenvalue weighted by atomic mass is 79.9. The lowest BCUT2D eigenvalue weighted by Gasteiger charge is -2.33. The van der Waals surface area contributed by atoms with Crippen molar-refractivity contribution in [1.29, 1.82) is 0 Å². The Kier molecular flexibility index (Phi) is 8.57. The molecule has 1 atom stereocenters. The number of hydrogen-bond acceptors (Lipinski definition) is 7. The van der Waals surface area contributed by atoms with Crippen molar-refractivity contribution in [1.82, 2.24) is 4.90 Å². The first-order valence-corrected chi connectivity index (χ1v) is 11.3. The van der Waals surface area contributed by atoms with Crippen molar-refractivity contribution in [3.05, 3.63) is 45.9 Å². The predicted octanol–water partition coefficient (Wildman–Crippen LogP) is 3.53. The van der Waals surface area contributed by atoms with Crippen LogP contribution < -0.4 is 18.9 Å². The van der Waals surface area contributed by atoms with E-state index in [4.69, 9.17) is 23.7 Å². The Hall–Kier alpha value is -2.78. The molecule has 0 spiro atoms. The monoisotopic (exact) mass is 521 g/mol. The van der Waals surface area contributed by atoms with Crippen molar-refractivity contribution < 1.29 is 33.3 Å². The van der Waals surface area contributed by atoms with E-state index in [0.717, 1.165) is 10.0 Å². The zero-order valence-electron chi connectivity index (χ0n) is 19.2. The molecular formula is C24H28BrNO7. The molecule has 0 aliphatic carbocycles. The molecule has 2 aromatic rings. The Bertz CT molecular complexity index is 1010. The van der Waals surface area contributed by atoms with Gasteiger partial charge in [0, 0.05) is 6.54 Å². The Morgan fingerprint density at radius 1 is 1.06 bits per heavy atom. The number of benzene rings is 2. The Balaban J connectivity index is 1.66. The second kappa shape index (κ2) is 11.4. The lowest BCUT2D eigenvalue weighted by Crippen LogP contribution is -2.48. The van der Waals surface area contributed by atoms with E-state index in [2.05, 4.69) is 15.9 Å². The van der Waals surface area contributed by atoms with Crippen LogP contribution in [0.3, 0.4) is 0 Å². The smallest absolute Gasteiger partial charge is 0.227 e. The van der Waals surface area contributed by atoms with Crippen LogP contribution in [0.5, 0.6) is 23.0 Å². The molecule has 3 rings (SSSR count). The Morgan fingerprint density at radius 3 is 2.42 bits per heavy atom. The molecule has 1 aliphatic rings. The fraction of sp³-hybridized carbons (Fsp3) is 0.417. The molecule has 1 fully saturated rings. The standard InChI is InChI=1S/C24H28BrNO7/c1-15(27)18-6-8-21(30-3)24(31-4)23(18)33-14-17-13-26(9-10-32-17)22(28)12-16-5-7-20(29-2)19(25)11-16/h5-8,11,17H,9-10,12-14H2,1-4H3. The molecule has 1 unspecified atom stereocenters. The molecule has 0 radical (unpaired) electrons. The van der Waals surface area contributed by atoms with Gasteiger partial charge >= 0.3 is 0 Å². The van der Waals surface area contributed by atoms with Crippen LogP contribution in [-0.4, -0.2) is 70.3 Å². The van der Waals surface area contributed by atoms with Gasteiger partial charge in [-0.3, -0.25) is 9.59 Å². The van der Waals surface area contributed by atoms with Gasteiger partial charge in [0.25, 0.3) is 0 Å². The third-order valence-electron chi connectivity index (χ3n) is 5.36. The van der Waals surface area contributed by atoms with E-state index >= 15 is 0 Å². The van der Waals surface area contributed by atoms with Crippen molar-refractivity contribution in [2.75, 3.05) is 47.6 Å². The Labute approximate surface area is 201 Å². The number of methoxy groups -OCH3 is 3. The molecule has 1 amide bonds. The van der Waals surface area contributed by atoms with E-state index in [0.29, 0.717) is 48.3 Å². The van der Waals surface area contributed by atoms with Gasteiger partial charge in [-0.25, -0.2) is 0 Å². The number of nitrogens with zero attached hydrogens (tertiary/aromatic N) is 1. The fourth-order valence-corrected chi connectivity index (χ4v) is 4.24. The molecule has 0 aromatic heterocycles. The second-order valence-electron chi connectivity index (χ2n) is 7.52. The van der Waals surface area contributed by atoms with Crippen molar-refractivity contribution >= 4 is 27.6 Å². The molecule has 1 heterocycles. The van der Waals surface area contributed by atoms with Gasteiger partial charge in [-0.15, -0.1) is 0 Å². The van der Waals surface area contributed by atoms with Crippen LogP contribution in [-0.2, 0) is 16.0 Å². The summed E-state index contributed by atoms with van der Waals surface area (Å²) in [5.41, 5.74) is 1.28. The van der Waals surface area contributed by atoms with E-state index in [9.17, 15) is 9.59 Å². The van der Waals surface area contributed by atoms with E-state index in [-0.39, 0.29) is 30.8 Å². The van der Waals surface area contributed by atoms with Gasteiger partial charge in [0.15, 0.2) is 17.3 Å². The fourth-order valence-electron chi connectivity index (χ4n) is 3.65. The van der Waals surface area contributed by atoms with Gasteiger partial charge in [0.05, 0.1) is 50.9 Å². The number of carbonyl (C=O) groups is 2. The number of halogens is 1. The molecule has 1 saturated heterocycles. The lowest BCUT2D eigenvalue weighted by molar-refractivity contribution is -0.139. The number of Topliss-reactive ketones (excluding diaryl/α,β-unsaturated/α-hetero) is 1. The number of hydrogen-bond donors (Lipinski definition) is 0. The third kappa shape index (κ3) is 5.97. The molecule has 8 nitrogen and oxygen atoms in total. The molecule has 178 valence electrons. The minimum Gasteiger partial charge on any atom is -0.496 e. The summed E-state index contributed by atoms with van der Waals surface area (Å²) in [7, 11) is 4.61. The van der Waals surface area contributed by atoms with Crippen molar-refractivity contribution in [2.24, 2.45) is 0 Å². The molecule has 9 heteroatoms. The zero-order chi connectivity index (χ0) is 24.0. The molecule has 33 heavy (non-hydrogen) atoms. The van der Waals surface area contributed by atoms with Crippen LogP contribution in [0.25, 0.3) is 0 Å². The topological polar surface area (TPSA) is 83.5 Å². The number of amides is 1. The zero-order valence-corrected chi connectivity index (χ0v) is 20.8. The first-order chi connectivity index (χ1) is 15.9. The van der Waals surface area contributed by atoms with Gasteiger partial charge in [-0.05, 0) is 52.7 Å². The van der Waals surface area contributed by atoms with Gasteiger partial charge < -0.3 is 28.6 Å². The summed E-state index contributed by atoms with van der Waals surface area (Å²) in [5, 5.41) is 0. The number of carbonyl (C=O) groups excluding carboxylic acids is 2. The maximum absolute atomic E-state index is 12.9. The van der Waals surface area contributed by atoms with E-state index in [1.54, 1.807) is 24.1 Å². The summed E-state index contributed by atoms with van der Waals surface area (Å²) in [6.07, 6.45) is -0.0741. The van der Waals surface area contributed by atoms with Crippen molar-refractivity contribution in [3.63, 3.8) is 0 Å². The van der Waals surface area contributed by atoms with Crippen LogP contribution in [0.4, 0.5) is 0 Å². The molecule has 1 aliphatic heterocycles. The minimum absolute atomic E-state index is 0.00347. The molecular weight excluding hydrogens is 494 g/mol. The summed E-state index contributed by atoms with van der Waals surface area (Å²) in [6, 6.07) is 8.90. The van der Waals surface area contributed by atoms with Gasteiger partial charge in [-0.1, -0.05) is 6.07 Å². The van der Waals surface area contributed by atoms with Crippen LogP contribution in [0, 0.1) is 0 Å². The predicted molar refractivity (Wildman–Crippen MR) is 126 cm³/mol. The normalized spacial score (nSPS) is 15.7. The largest absolute Gasteiger partial charge is 0.496 e. The molecule has 0 saturated carbocycles. The second-order valence-corrected chi connectivity index (χ2v) is 8.38. The SMILES string of the molecule is COc1ccc(CC(=O)N2CCOC(COc3c(C(C)=O)ccc(OC)c3OC)C2)cc1Br. The average Bonchev–Trinajstić information content (AvgIpc) is 2.82. The highest BCUT2D eigenvalue weighted by Gasteiger charge is 2.27. The van der Waals surface area contributed by atoms with Crippen LogP contribution in [0.15, 0.2) is 34.8 Å². The van der Waals surface area contributed by atoms with Crippen LogP contribution >= 0.6 is 15.9 Å². The first kappa shape index (κ1) is 24.9. The highest BCUT2D eigenvalue weighted by molar-refractivity contribution is 9.10. The maximum Gasteiger partial charge on any atom is 0.227 e. The van der Waals surface area contributed by atoms with Gasteiger partial charge in [-0.2, -0.15) is 0 Å². The van der Waals surface area contributed by atoms with E-state index in [1.165, 1.54) is 21.1 Å². The highest BCUT2D eigenvalue weighted by Crippen LogP contribution is 2.40. The molecule has 0 N–H and O–H groups in total. The number of ketones is 1. The van der Waals surface area contributed by atoms with Crippen molar-refractivity contribution in [3.8, 4) is 23.0 Å².